The van der Waals surface area contributed by atoms with Crippen molar-refractivity contribution in [3.63, 3.8) is 0 Å². The molecule has 0 saturated heterocycles. The first-order chi connectivity index (χ1) is 8.96. The van der Waals surface area contributed by atoms with E-state index < -0.39 is 9.84 Å². The first-order valence-corrected chi connectivity index (χ1v) is 8.64. The van der Waals surface area contributed by atoms with E-state index in [-0.39, 0.29) is 23.2 Å². The van der Waals surface area contributed by atoms with Crippen LogP contribution in [-0.2, 0) is 20.4 Å². The zero-order valence-electron chi connectivity index (χ0n) is 10.6. The number of benzene rings is 1. The van der Waals surface area contributed by atoms with E-state index in [0.29, 0.717) is 10.6 Å². The summed E-state index contributed by atoms with van der Waals surface area (Å²) in [5, 5.41) is 0.572. The summed E-state index contributed by atoms with van der Waals surface area (Å²) in [7, 11) is -3.38. The molecule has 1 aliphatic carbocycles. The highest BCUT2D eigenvalue weighted by Crippen LogP contribution is 2.26. The number of halogens is 1. The molecule has 5 heteroatoms. The number of hydrogen-bond donors (Lipinski definition) is 0. The van der Waals surface area contributed by atoms with Crippen LogP contribution in [0.5, 0.6) is 0 Å². The number of carbonyl (C=O) groups is 1. The van der Waals surface area contributed by atoms with E-state index in [1.54, 1.807) is 24.3 Å². The molecule has 1 saturated carbocycles. The normalized spacial score (nSPS) is 16.7. The summed E-state index contributed by atoms with van der Waals surface area (Å²) in [5.74, 6) is -0.588. The van der Waals surface area contributed by atoms with Crippen molar-refractivity contribution >= 4 is 27.2 Å². The van der Waals surface area contributed by atoms with Gasteiger partial charge in [0.2, 0.25) is 0 Å². The summed E-state index contributed by atoms with van der Waals surface area (Å²) in [6, 6.07) is 6.68. The second-order valence-corrected chi connectivity index (χ2v) is 7.61. The Hall–Kier alpha value is -0.870. The second-order valence-electron chi connectivity index (χ2n) is 5.11. The van der Waals surface area contributed by atoms with E-state index >= 15 is 0 Å². The molecule has 0 aromatic heterocycles. The molecule has 0 radical (unpaired) electrons. The van der Waals surface area contributed by atoms with Crippen molar-refractivity contribution in [3.8, 4) is 0 Å². The first-order valence-electron chi connectivity index (χ1n) is 6.44. The predicted molar refractivity (Wildman–Crippen MR) is 75.9 cm³/mol. The van der Waals surface area contributed by atoms with Gasteiger partial charge in [-0.1, -0.05) is 36.6 Å². The van der Waals surface area contributed by atoms with Gasteiger partial charge in [0.15, 0.2) is 15.6 Å². The van der Waals surface area contributed by atoms with Gasteiger partial charge in [0.25, 0.3) is 0 Å². The van der Waals surface area contributed by atoms with Crippen LogP contribution in [-0.4, -0.2) is 20.0 Å². The minimum atomic E-state index is -3.38. The van der Waals surface area contributed by atoms with Crippen molar-refractivity contribution in [2.75, 3.05) is 5.75 Å². The van der Waals surface area contributed by atoms with Gasteiger partial charge in [-0.3, -0.25) is 4.79 Å². The number of sulfone groups is 1. The van der Waals surface area contributed by atoms with Crippen molar-refractivity contribution in [1.29, 1.82) is 0 Å². The summed E-state index contributed by atoms with van der Waals surface area (Å²) in [5.41, 5.74) is 0.670. The number of Topliss-reactive ketones (excluding diaryl/α,β-unsaturated/α-hetero) is 1. The highest BCUT2D eigenvalue weighted by molar-refractivity contribution is 7.91. The molecular formula is C14H17ClO3S. The topological polar surface area (TPSA) is 51.2 Å². The molecule has 0 bridgehead atoms. The van der Waals surface area contributed by atoms with E-state index in [2.05, 4.69) is 0 Å². The maximum Gasteiger partial charge on any atom is 0.161 e. The lowest BCUT2D eigenvalue weighted by Crippen LogP contribution is -2.23. The van der Waals surface area contributed by atoms with Gasteiger partial charge in [0.05, 0.1) is 5.75 Å². The maximum absolute atomic E-state index is 12.0. The third kappa shape index (κ3) is 4.32. The van der Waals surface area contributed by atoms with Gasteiger partial charge in [-0.25, -0.2) is 8.42 Å². The molecule has 1 aromatic rings. The molecule has 1 aliphatic rings. The van der Waals surface area contributed by atoms with Crippen molar-refractivity contribution in [2.24, 2.45) is 5.92 Å². The Kier molecular flexibility index (Phi) is 4.63. The van der Waals surface area contributed by atoms with Crippen LogP contribution in [0.25, 0.3) is 0 Å². The van der Waals surface area contributed by atoms with Gasteiger partial charge in [0, 0.05) is 10.9 Å². The summed E-state index contributed by atoms with van der Waals surface area (Å²) in [6.07, 6.45) is 3.76. The van der Waals surface area contributed by atoms with Crippen LogP contribution in [0, 0.1) is 5.92 Å². The molecule has 1 aromatic carbocycles. The molecule has 0 N–H and O–H groups in total. The van der Waals surface area contributed by atoms with Crippen molar-refractivity contribution in [2.45, 2.75) is 31.4 Å². The number of carbonyl (C=O) groups excluding carboxylic acids is 1. The zero-order chi connectivity index (χ0) is 13.9. The molecule has 0 spiro atoms. The van der Waals surface area contributed by atoms with Crippen LogP contribution in [0.3, 0.4) is 0 Å². The first kappa shape index (κ1) is 14.5. The van der Waals surface area contributed by atoms with Gasteiger partial charge >= 0.3 is 0 Å². The van der Waals surface area contributed by atoms with Crippen LogP contribution in [0.1, 0.15) is 31.2 Å². The molecule has 104 valence electrons. The van der Waals surface area contributed by atoms with Gasteiger partial charge in [-0.2, -0.15) is 0 Å². The monoisotopic (exact) mass is 300 g/mol. The molecule has 19 heavy (non-hydrogen) atoms. The molecular weight excluding hydrogens is 284 g/mol. The van der Waals surface area contributed by atoms with E-state index in [9.17, 15) is 13.2 Å². The zero-order valence-corrected chi connectivity index (χ0v) is 12.2. The predicted octanol–water partition coefficient (Wildman–Crippen LogP) is 3.01. The molecule has 0 amide bonds. The summed E-state index contributed by atoms with van der Waals surface area (Å²) >= 11 is 5.75. The maximum atomic E-state index is 12.0. The Labute approximate surface area is 118 Å². The minimum absolute atomic E-state index is 0.0417. The van der Waals surface area contributed by atoms with Crippen LogP contribution < -0.4 is 0 Å². The second kappa shape index (κ2) is 6.06. The van der Waals surface area contributed by atoms with E-state index in [0.717, 1.165) is 25.7 Å². The summed E-state index contributed by atoms with van der Waals surface area (Å²) < 4.78 is 24.0. The Morgan fingerprint density at radius 3 is 2.32 bits per heavy atom. The Balaban J connectivity index is 1.98. The molecule has 1 fully saturated rings. The molecule has 0 unspecified atom stereocenters. The lowest BCUT2D eigenvalue weighted by molar-refractivity contribution is -0.120. The van der Waals surface area contributed by atoms with Gasteiger partial charge in [0.1, 0.15) is 5.75 Å². The average Bonchev–Trinajstić information content (AvgIpc) is 2.85. The number of rotatable bonds is 5. The third-order valence-electron chi connectivity index (χ3n) is 3.47. The number of hydrogen-bond acceptors (Lipinski definition) is 3. The Morgan fingerprint density at radius 1 is 1.16 bits per heavy atom. The van der Waals surface area contributed by atoms with Gasteiger partial charge in [-0.15, -0.1) is 0 Å². The fourth-order valence-corrected chi connectivity index (χ4v) is 4.07. The smallest absolute Gasteiger partial charge is 0.161 e. The fraction of sp³-hybridized carbons (Fsp3) is 0.500. The van der Waals surface area contributed by atoms with Crippen molar-refractivity contribution < 1.29 is 13.2 Å². The van der Waals surface area contributed by atoms with E-state index in [1.807, 2.05) is 0 Å². The standard InChI is InChI=1S/C14H17ClO3S/c15-13-7-5-11(6-8-13)9-19(17,18)10-14(16)12-3-1-2-4-12/h5-8,12H,1-4,9-10H2. The minimum Gasteiger partial charge on any atom is -0.298 e. The SMILES string of the molecule is O=C(CS(=O)(=O)Cc1ccc(Cl)cc1)C1CCCC1. The van der Waals surface area contributed by atoms with Crippen LogP contribution in [0.4, 0.5) is 0 Å². The molecule has 0 heterocycles. The van der Waals surface area contributed by atoms with Crippen molar-refractivity contribution in [3.05, 3.63) is 34.9 Å². The largest absolute Gasteiger partial charge is 0.298 e. The quantitative estimate of drug-likeness (QED) is 0.840. The van der Waals surface area contributed by atoms with Gasteiger partial charge in [-0.05, 0) is 30.5 Å². The molecule has 2 rings (SSSR count). The lowest BCUT2D eigenvalue weighted by Gasteiger charge is -2.08. The fourth-order valence-electron chi connectivity index (χ4n) is 2.47. The molecule has 0 atom stereocenters. The molecule has 0 aliphatic heterocycles. The number of ketones is 1. The van der Waals surface area contributed by atoms with E-state index in [1.165, 1.54) is 0 Å². The lowest BCUT2D eigenvalue weighted by atomic mass is 10.0. The molecule has 3 nitrogen and oxygen atoms in total. The van der Waals surface area contributed by atoms with Crippen LogP contribution in [0.15, 0.2) is 24.3 Å². The van der Waals surface area contributed by atoms with Crippen molar-refractivity contribution in [1.82, 2.24) is 0 Å². The summed E-state index contributed by atoms with van der Waals surface area (Å²) in [4.78, 5) is 11.9. The Morgan fingerprint density at radius 2 is 1.74 bits per heavy atom. The third-order valence-corrected chi connectivity index (χ3v) is 5.22. The highest BCUT2D eigenvalue weighted by Gasteiger charge is 2.26. The van der Waals surface area contributed by atoms with Crippen LogP contribution in [0.2, 0.25) is 5.02 Å². The van der Waals surface area contributed by atoms with E-state index in [4.69, 9.17) is 11.6 Å². The highest BCUT2D eigenvalue weighted by atomic mass is 35.5. The average molecular weight is 301 g/mol. The summed E-state index contributed by atoms with van der Waals surface area (Å²) in [6.45, 7) is 0. The van der Waals surface area contributed by atoms with Crippen LogP contribution >= 0.6 is 11.6 Å². The van der Waals surface area contributed by atoms with Gasteiger partial charge < -0.3 is 0 Å². The Bertz CT molecular complexity index is 543.